The standard InChI is InChI=1S/C19H25BN4O4.2C2H6/c1-13(2)10-17(20(27)28)24-18(25)15(11-14-6-4-3-5-7-14)23-19(26)16-12-21-8-9-22-16;2*1-2/h3-9,12-13,15,17,27-28H,10-11H2,1-2H3,(H,23,26)(H,24,25);2*1-2H3. The largest absolute Gasteiger partial charge is 0.475 e. The topological polar surface area (TPSA) is 124 Å². The summed E-state index contributed by atoms with van der Waals surface area (Å²) < 4.78 is 0. The molecule has 2 amide bonds. The minimum atomic E-state index is -1.69. The van der Waals surface area contributed by atoms with Crippen molar-refractivity contribution in [3.8, 4) is 0 Å². The van der Waals surface area contributed by atoms with Crippen LogP contribution in [0.1, 0.15) is 64.0 Å². The third kappa shape index (κ3) is 11.0. The highest BCUT2D eigenvalue weighted by atomic mass is 16.4. The Bertz CT molecular complexity index is 761. The second kappa shape index (κ2) is 16.9. The molecule has 2 atom stereocenters. The normalized spacial score (nSPS) is 11.7. The lowest BCUT2D eigenvalue weighted by Crippen LogP contribution is -2.55. The van der Waals surface area contributed by atoms with Crippen LogP contribution >= 0.6 is 0 Å². The van der Waals surface area contributed by atoms with Gasteiger partial charge in [0, 0.05) is 18.8 Å². The molecule has 1 aromatic heterocycles. The maximum absolute atomic E-state index is 12.8. The summed E-state index contributed by atoms with van der Waals surface area (Å²) in [4.78, 5) is 33.1. The lowest BCUT2D eigenvalue weighted by molar-refractivity contribution is -0.123. The Balaban J connectivity index is 0.00000227. The first-order valence-corrected chi connectivity index (χ1v) is 11.1. The maximum Gasteiger partial charge on any atom is 0.475 e. The summed E-state index contributed by atoms with van der Waals surface area (Å²) in [7, 11) is -1.69. The number of amides is 2. The zero-order chi connectivity index (χ0) is 24.5. The average molecular weight is 444 g/mol. The molecule has 1 aromatic carbocycles. The van der Waals surface area contributed by atoms with Gasteiger partial charge in [-0.05, 0) is 17.9 Å². The van der Waals surface area contributed by atoms with E-state index in [-0.39, 0.29) is 18.0 Å². The van der Waals surface area contributed by atoms with Crippen molar-refractivity contribution in [1.82, 2.24) is 20.6 Å². The highest BCUT2D eigenvalue weighted by Crippen LogP contribution is 2.09. The highest BCUT2D eigenvalue weighted by Gasteiger charge is 2.30. The summed E-state index contributed by atoms with van der Waals surface area (Å²) in [6, 6.07) is 8.33. The van der Waals surface area contributed by atoms with Crippen LogP contribution in [-0.4, -0.2) is 50.9 Å². The summed E-state index contributed by atoms with van der Waals surface area (Å²) in [5, 5.41) is 24.5. The fourth-order valence-corrected chi connectivity index (χ4v) is 2.75. The number of hydrogen-bond acceptors (Lipinski definition) is 6. The second-order valence-electron chi connectivity index (χ2n) is 6.96. The van der Waals surface area contributed by atoms with E-state index >= 15 is 0 Å². The molecule has 9 heteroatoms. The van der Waals surface area contributed by atoms with Crippen molar-refractivity contribution < 1.29 is 19.6 Å². The first-order valence-electron chi connectivity index (χ1n) is 11.1. The van der Waals surface area contributed by atoms with Gasteiger partial charge in [-0.25, -0.2) is 4.98 Å². The van der Waals surface area contributed by atoms with E-state index in [1.54, 1.807) is 0 Å². The molecule has 1 heterocycles. The Morgan fingerprint density at radius 1 is 1.00 bits per heavy atom. The van der Waals surface area contributed by atoms with Crippen molar-refractivity contribution in [3.05, 3.63) is 60.2 Å². The van der Waals surface area contributed by atoms with Crippen molar-refractivity contribution in [1.29, 1.82) is 0 Å². The first-order chi connectivity index (χ1) is 15.4. The smallest absolute Gasteiger partial charge is 0.426 e. The lowest BCUT2D eigenvalue weighted by Gasteiger charge is -2.24. The van der Waals surface area contributed by atoms with Crippen LogP contribution in [0, 0.1) is 5.92 Å². The molecule has 0 radical (unpaired) electrons. The Kier molecular flexibility index (Phi) is 15.4. The number of aromatic nitrogens is 2. The fourth-order valence-electron chi connectivity index (χ4n) is 2.75. The van der Waals surface area contributed by atoms with Crippen LogP contribution in [0.15, 0.2) is 48.9 Å². The van der Waals surface area contributed by atoms with Gasteiger partial charge in [0.15, 0.2) is 0 Å². The zero-order valence-corrected chi connectivity index (χ0v) is 19.9. The van der Waals surface area contributed by atoms with Gasteiger partial charge in [-0.15, -0.1) is 0 Å². The van der Waals surface area contributed by atoms with Gasteiger partial charge in [0.25, 0.3) is 5.91 Å². The molecule has 0 aliphatic rings. The van der Waals surface area contributed by atoms with Crippen LogP contribution < -0.4 is 10.6 Å². The minimum Gasteiger partial charge on any atom is -0.426 e. The van der Waals surface area contributed by atoms with Crippen LogP contribution in [0.4, 0.5) is 0 Å². The molecule has 4 N–H and O–H groups in total. The molecular formula is C23H37BN4O4. The number of nitrogens with one attached hydrogen (secondary N) is 2. The number of nitrogens with zero attached hydrogens (tertiary/aromatic N) is 2. The van der Waals surface area contributed by atoms with Crippen LogP contribution in [0.25, 0.3) is 0 Å². The Morgan fingerprint density at radius 2 is 1.62 bits per heavy atom. The molecule has 0 saturated carbocycles. The van der Waals surface area contributed by atoms with Gasteiger partial charge in [-0.3, -0.25) is 14.6 Å². The lowest BCUT2D eigenvalue weighted by atomic mass is 9.75. The monoisotopic (exact) mass is 444 g/mol. The van der Waals surface area contributed by atoms with E-state index in [0.29, 0.717) is 6.42 Å². The summed E-state index contributed by atoms with van der Waals surface area (Å²) in [5.41, 5.74) is 0.946. The molecule has 32 heavy (non-hydrogen) atoms. The van der Waals surface area contributed by atoms with E-state index in [9.17, 15) is 19.6 Å². The molecule has 8 nitrogen and oxygen atoms in total. The van der Waals surface area contributed by atoms with Crippen LogP contribution in [0.5, 0.6) is 0 Å². The van der Waals surface area contributed by atoms with Gasteiger partial charge >= 0.3 is 7.12 Å². The van der Waals surface area contributed by atoms with E-state index in [2.05, 4.69) is 20.6 Å². The molecule has 0 spiro atoms. The summed E-state index contributed by atoms with van der Waals surface area (Å²) in [5.74, 6) is -1.72. The first kappa shape index (κ1) is 29.2. The number of hydrogen-bond donors (Lipinski definition) is 4. The summed E-state index contributed by atoms with van der Waals surface area (Å²) in [6.07, 6.45) is 4.78. The molecular weight excluding hydrogens is 407 g/mol. The van der Waals surface area contributed by atoms with Crippen LogP contribution in [0.2, 0.25) is 0 Å². The summed E-state index contributed by atoms with van der Waals surface area (Å²) in [6.45, 7) is 11.8. The van der Waals surface area contributed by atoms with Gasteiger partial charge < -0.3 is 20.7 Å². The van der Waals surface area contributed by atoms with Gasteiger partial charge in [-0.1, -0.05) is 71.9 Å². The van der Waals surface area contributed by atoms with Crippen molar-refractivity contribution >= 4 is 18.9 Å². The van der Waals surface area contributed by atoms with Crippen molar-refractivity contribution in [2.45, 2.75) is 66.4 Å². The molecule has 0 saturated heterocycles. The highest BCUT2D eigenvalue weighted by molar-refractivity contribution is 6.43. The van der Waals surface area contributed by atoms with Gasteiger partial charge in [0.05, 0.1) is 12.1 Å². The zero-order valence-electron chi connectivity index (χ0n) is 19.9. The number of rotatable bonds is 9. The molecule has 2 aromatic rings. The summed E-state index contributed by atoms with van der Waals surface area (Å²) >= 11 is 0. The molecule has 0 fully saturated rings. The fraction of sp³-hybridized carbons (Fsp3) is 0.478. The number of benzene rings is 1. The quantitative estimate of drug-likeness (QED) is 0.441. The molecule has 2 rings (SSSR count). The molecule has 0 aliphatic heterocycles. The Labute approximate surface area is 192 Å². The van der Waals surface area contributed by atoms with Gasteiger partial charge in [0.2, 0.25) is 5.91 Å². The number of carbonyl (C=O) groups excluding carboxylic acids is 2. The SMILES string of the molecule is CC.CC.CC(C)CC(NC(=O)C(Cc1ccccc1)NC(=O)c1cnccn1)B(O)O. The van der Waals surface area contributed by atoms with E-state index in [4.69, 9.17) is 0 Å². The molecule has 176 valence electrons. The predicted molar refractivity (Wildman–Crippen MR) is 128 cm³/mol. The number of carbonyl (C=O) groups is 2. The van der Waals surface area contributed by atoms with E-state index in [1.807, 2.05) is 71.9 Å². The molecule has 0 aliphatic carbocycles. The minimum absolute atomic E-state index is 0.0919. The van der Waals surface area contributed by atoms with Crippen molar-refractivity contribution in [2.24, 2.45) is 5.92 Å². The third-order valence-electron chi connectivity index (χ3n) is 4.11. The van der Waals surface area contributed by atoms with E-state index in [0.717, 1.165) is 5.56 Å². The van der Waals surface area contributed by atoms with E-state index in [1.165, 1.54) is 18.6 Å². The predicted octanol–water partition coefficient (Wildman–Crippen LogP) is 2.41. The van der Waals surface area contributed by atoms with Crippen molar-refractivity contribution in [2.75, 3.05) is 0 Å². The second-order valence-corrected chi connectivity index (χ2v) is 6.96. The molecule has 0 bridgehead atoms. The third-order valence-corrected chi connectivity index (χ3v) is 4.11. The molecule has 2 unspecified atom stereocenters. The van der Waals surface area contributed by atoms with Crippen molar-refractivity contribution in [3.63, 3.8) is 0 Å². The van der Waals surface area contributed by atoms with Crippen LogP contribution in [0.3, 0.4) is 0 Å². The average Bonchev–Trinajstić information content (AvgIpc) is 2.81. The Morgan fingerprint density at radius 3 is 2.12 bits per heavy atom. The van der Waals surface area contributed by atoms with Crippen LogP contribution in [-0.2, 0) is 11.2 Å². The van der Waals surface area contributed by atoms with E-state index < -0.39 is 30.9 Å². The Hall–Kier alpha value is -2.78. The maximum atomic E-state index is 12.8. The van der Waals surface area contributed by atoms with Gasteiger partial charge in [-0.2, -0.15) is 0 Å². The van der Waals surface area contributed by atoms with Gasteiger partial charge in [0.1, 0.15) is 11.7 Å².